The quantitative estimate of drug-likeness (QED) is 0.765. The van der Waals surface area contributed by atoms with Crippen LogP contribution in [0.4, 0.5) is 0 Å². The molecular weight excluding hydrogens is 224 g/mol. The standard InChI is InChI=1S/C15H30N2O/c1-5-7-15(8-10-16-11-9-15)13(18)17-12-14(3,4)6-2/h16H,5-12H2,1-4H3,(H,17,18). The second-order valence-corrected chi connectivity index (χ2v) is 6.48. The minimum Gasteiger partial charge on any atom is -0.355 e. The van der Waals surface area contributed by atoms with Gasteiger partial charge < -0.3 is 10.6 Å². The summed E-state index contributed by atoms with van der Waals surface area (Å²) in [4.78, 5) is 12.5. The molecule has 0 saturated carbocycles. The first-order valence-electron chi connectivity index (χ1n) is 7.45. The van der Waals surface area contributed by atoms with Crippen LogP contribution >= 0.6 is 0 Å². The van der Waals surface area contributed by atoms with E-state index < -0.39 is 0 Å². The molecule has 0 aromatic carbocycles. The molecular formula is C15H30N2O. The Morgan fingerprint density at radius 3 is 2.39 bits per heavy atom. The highest BCUT2D eigenvalue weighted by molar-refractivity contribution is 5.82. The summed E-state index contributed by atoms with van der Waals surface area (Å²) in [5, 5.41) is 6.56. The fraction of sp³-hybridized carbons (Fsp3) is 0.933. The largest absolute Gasteiger partial charge is 0.355 e. The van der Waals surface area contributed by atoms with Gasteiger partial charge in [0.15, 0.2) is 0 Å². The number of piperidine rings is 1. The average molecular weight is 254 g/mol. The van der Waals surface area contributed by atoms with Gasteiger partial charge in [-0.15, -0.1) is 0 Å². The van der Waals surface area contributed by atoms with Crippen molar-refractivity contribution >= 4 is 5.91 Å². The fourth-order valence-corrected chi connectivity index (χ4v) is 2.61. The third-order valence-electron chi connectivity index (χ3n) is 4.46. The number of hydrogen-bond donors (Lipinski definition) is 2. The van der Waals surface area contributed by atoms with E-state index in [4.69, 9.17) is 0 Å². The first-order chi connectivity index (χ1) is 8.46. The SMILES string of the molecule is CCCC1(C(=O)NCC(C)(C)CC)CCNCC1. The molecule has 0 spiro atoms. The van der Waals surface area contributed by atoms with Crippen molar-refractivity contribution in [2.24, 2.45) is 10.8 Å². The van der Waals surface area contributed by atoms with Crippen LogP contribution in [-0.4, -0.2) is 25.5 Å². The maximum Gasteiger partial charge on any atom is 0.226 e. The van der Waals surface area contributed by atoms with Gasteiger partial charge in [0.05, 0.1) is 5.41 Å². The molecule has 0 bridgehead atoms. The maximum atomic E-state index is 12.5. The lowest BCUT2D eigenvalue weighted by molar-refractivity contribution is -0.133. The smallest absolute Gasteiger partial charge is 0.226 e. The summed E-state index contributed by atoms with van der Waals surface area (Å²) < 4.78 is 0. The van der Waals surface area contributed by atoms with Crippen molar-refractivity contribution in [3.8, 4) is 0 Å². The highest BCUT2D eigenvalue weighted by Gasteiger charge is 2.38. The van der Waals surface area contributed by atoms with Gasteiger partial charge in [-0.05, 0) is 44.2 Å². The Balaban J connectivity index is 2.60. The van der Waals surface area contributed by atoms with E-state index in [1.54, 1.807) is 0 Å². The lowest BCUT2D eigenvalue weighted by Crippen LogP contribution is -2.49. The molecule has 1 rings (SSSR count). The normalized spacial score (nSPS) is 19.6. The van der Waals surface area contributed by atoms with Crippen LogP contribution in [0, 0.1) is 10.8 Å². The maximum absolute atomic E-state index is 12.5. The minimum atomic E-state index is -0.107. The third kappa shape index (κ3) is 3.98. The van der Waals surface area contributed by atoms with Gasteiger partial charge in [-0.25, -0.2) is 0 Å². The molecule has 1 amide bonds. The minimum absolute atomic E-state index is 0.107. The van der Waals surface area contributed by atoms with Crippen molar-refractivity contribution in [1.82, 2.24) is 10.6 Å². The van der Waals surface area contributed by atoms with Crippen molar-refractivity contribution in [2.75, 3.05) is 19.6 Å². The van der Waals surface area contributed by atoms with Crippen molar-refractivity contribution in [3.63, 3.8) is 0 Å². The van der Waals surface area contributed by atoms with Crippen LogP contribution < -0.4 is 10.6 Å². The van der Waals surface area contributed by atoms with E-state index in [2.05, 4.69) is 38.3 Å². The fourth-order valence-electron chi connectivity index (χ4n) is 2.61. The molecule has 0 radical (unpaired) electrons. The summed E-state index contributed by atoms with van der Waals surface area (Å²) in [6, 6.07) is 0. The van der Waals surface area contributed by atoms with Crippen molar-refractivity contribution in [2.45, 2.75) is 59.8 Å². The van der Waals surface area contributed by atoms with Gasteiger partial charge in [-0.3, -0.25) is 4.79 Å². The van der Waals surface area contributed by atoms with Crippen LogP contribution in [0.5, 0.6) is 0 Å². The molecule has 1 aliphatic rings. The average Bonchev–Trinajstić information content (AvgIpc) is 2.37. The molecule has 1 fully saturated rings. The molecule has 2 N–H and O–H groups in total. The predicted molar refractivity (Wildman–Crippen MR) is 76.5 cm³/mol. The Hall–Kier alpha value is -0.570. The van der Waals surface area contributed by atoms with Gasteiger partial charge in [-0.2, -0.15) is 0 Å². The summed E-state index contributed by atoms with van der Waals surface area (Å²) in [5.74, 6) is 0.285. The van der Waals surface area contributed by atoms with Crippen LogP contribution in [0.3, 0.4) is 0 Å². The monoisotopic (exact) mass is 254 g/mol. The van der Waals surface area contributed by atoms with Gasteiger partial charge in [0.25, 0.3) is 0 Å². The Kier molecular flexibility index (Phi) is 5.64. The van der Waals surface area contributed by atoms with E-state index >= 15 is 0 Å². The molecule has 1 aliphatic heterocycles. The van der Waals surface area contributed by atoms with E-state index in [-0.39, 0.29) is 16.7 Å². The molecule has 1 heterocycles. The third-order valence-corrected chi connectivity index (χ3v) is 4.46. The number of hydrogen-bond acceptors (Lipinski definition) is 2. The Morgan fingerprint density at radius 1 is 1.28 bits per heavy atom. The number of carbonyl (C=O) groups excluding carboxylic acids is 1. The molecule has 1 saturated heterocycles. The lowest BCUT2D eigenvalue weighted by atomic mass is 9.74. The molecule has 0 atom stereocenters. The van der Waals surface area contributed by atoms with Gasteiger partial charge in [0.2, 0.25) is 5.91 Å². The van der Waals surface area contributed by atoms with Crippen LogP contribution in [0.1, 0.15) is 59.8 Å². The first-order valence-corrected chi connectivity index (χ1v) is 7.45. The number of amides is 1. The lowest BCUT2D eigenvalue weighted by Gasteiger charge is -2.37. The first kappa shape index (κ1) is 15.5. The van der Waals surface area contributed by atoms with E-state index in [0.717, 1.165) is 51.7 Å². The highest BCUT2D eigenvalue weighted by atomic mass is 16.2. The number of nitrogens with one attached hydrogen (secondary N) is 2. The summed E-state index contributed by atoms with van der Waals surface area (Å²) in [6.45, 7) is 11.5. The Morgan fingerprint density at radius 2 is 1.89 bits per heavy atom. The summed E-state index contributed by atoms with van der Waals surface area (Å²) in [7, 11) is 0. The van der Waals surface area contributed by atoms with E-state index in [1.807, 2.05) is 0 Å². The van der Waals surface area contributed by atoms with Gasteiger partial charge in [0.1, 0.15) is 0 Å². The van der Waals surface area contributed by atoms with Gasteiger partial charge in [-0.1, -0.05) is 34.1 Å². The molecule has 3 nitrogen and oxygen atoms in total. The van der Waals surface area contributed by atoms with Crippen molar-refractivity contribution in [1.29, 1.82) is 0 Å². The molecule has 3 heteroatoms. The Bertz CT molecular complexity index is 262. The number of carbonyl (C=O) groups is 1. The molecule has 106 valence electrons. The zero-order chi connectivity index (χ0) is 13.6. The summed E-state index contributed by atoms with van der Waals surface area (Å²) in [6.07, 6.45) is 5.17. The number of rotatable bonds is 6. The predicted octanol–water partition coefficient (Wildman–Crippen LogP) is 2.71. The second kappa shape index (κ2) is 6.55. The van der Waals surface area contributed by atoms with Crippen molar-refractivity contribution in [3.05, 3.63) is 0 Å². The highest BCUT2D eigenvalue weighted by Crippen LogP contribution is 2.34. The molecule has 0 aromatic rings. The molecule has 0 aliphatic carbocycles. The Labute approximate surface area is 112 Å². The van der Waals surface area contributed by atoms with Crippen LogP contribution in [0.25, 0.3) is 0 Å². The van der Waals surface area contributed by atoms with Crippen molar-refractivity contribution < 1.29 is 4.79 Å². The van der Waals surface area contributed by atoms with Crippen LogP contribution in [-0.2, 0) is 4.79 Å². The topological polar surface area (TPSA) is 41.1 Å². The van der Waals surface area contributed by atoms with Crippen LogP contribution in [0.15, 0.2) is 0 Å². The molecule has 0 unspecified atom stereocenters. The van der Waals surface area contributed by atoms with E-state index in [9.17, 15) is 4.79 Å². The van der Waals surface area contributed by atoms with E-state index in [1.165, 1.54) is 0 Å². The zero-order valence-electron chi connectivity index (χ0n) is 12.6. The van der Waals surface area contributed by atoms with Gasteiger partial charge in [0, 0.05) is 6.54 Å². The molecule has 18 heavy (non-hydrogen) atoms. The summed E-state index contributed by atoms with van der Waals surface area (Å²) >= 11 is 0. The van der Waals surface area contributed by atoms with E-state index in [0.29, 0.717) is 0 Å². The second-order valence-electron chi connectivity index (χ2n) is 6.48. The van der Waals surface area contributed by atoms with Gasteiger partial charge >= 0.3 is 0 Å². The zero-order valence-corrected chi connectivity index (χ0v) is 12.6. The van der Waals surface area contributed by atoms with Crippen LogP contribution in [0.2, 0.25) is 0 Å². The summed E-state index contributed by atoms with van der Waals surface area (Å²) in [5.41, 5.74) is 0.0970. The molecule has 0 aromatic heterocycles.